The zero-order valence-electron chi connectivity index (χ0n) is 8.38. The van der Waals surface area contributed by atoms with Gasteiger partial charge in [0.2, 0.25) is 5.91 Å². The first-order valence-corrected chi connectivity index (χ1v) is 4.99. The maximum atomic E-state index is 11.7. The van der Waals surface area contributed by atoms with Gasteiger partial charge >= 0.3 is 0 Å². The summed E-state index contributed by atoms with van der Waals surface area (Å²) in [7, 11) is 0. The van der Waals surface area contributed by atoms with Crippen molar-refractivity contribution in [1.82, 2.24) is 4.90 Å². The smallest absolute Gasteiger partial charge is 0.226 e. The summed E-state index contributed by atoms with van der Waals surface area (Å²) in [5, 5.41) is 0. The van der Waals surface area contributed by atoms with Gasteiger partial charge in [-0.2, -0.15) is 0 Å². The molecule has 1 rings (SSSR count). The minimum atomic E-state index is -0.0209. The second-order valence-electron chi connectivity index (χ2n) is 3.49. The monoisotopic (exact) mass is 183 g/mol. The quantitative estimate of drug-likeness (QED) is 0.659. The van der Waals surface area contributed by atoms with Crippen LogP contribution in [0.25, 0.3) is 0 Å². The molecule has 0 aromatic carbocycles. The summed E-state index contributed by atoms with van der Waals surface area (Å²) in [5.41, 5.74) is 0. The van der Waals surface area contributed by atoms with E-state index < -0.39 is 0 Å². The Hall–Kier alpha value is -0.860. The van der Waals surface area contributed by atoms with E-state index in [1.165, 1.54) is 0 Å². The minimum Gasteiger partial charge on any atom is -0.343 e. The average molecular weight is 183 g/mol. The maximum absolute atomic E-state index is 11.7. The summed E-state index contributed by atoms with van der Waals surface area (Å²) in [6.45, 7) is 5.44. The van der Waals surface area contributed by atoms with Crippen molar-refractivity contribution in [2.24, 2.45) is 5.92 Å². The molecule has 0 radical (unpaired) electrons. The number of hydrogen-bond donors (Lipinski definition) is 0. The molecule has 1 saturated carbocycles. The predicted octanol–water partition coefficient (Wildman–Crippen LogP) is 1.22. The van der Waals surface area contributed by atoms with Gasteiger partial charge in [0.25, 0.3) is 0 Å². The molecule has 0 aromatic rings. The van der Waals surface area contributed by atoms with E-state index in [9.17, 15) is 9.59 Å². The number of rotatable bonds is 3. The fourth-order valence-corrected chi connectivity index (χ4v) is 1.82. The van der Waals surface area contributed by atoms with Crippen LogP contribution in [-0.2, 0) is 9.59 Å². The topological polar surface area (TPSA) is 37.4 Å². The molecule has 13 heavy (non-hydrogen) atoms. The molecule has 3 nitrogen and oxygen atoms in total. The lowest BCUT2D eigenvalue weighted by molar-refractivity contribution is -0.135. The zero-order chi connectivity index (χ0) is 9.84. The van der Waals surface area contributed by atoms with Crippen LogP contribution in [0.5, 0.6) is 0 Å². The van der Waals surface area contributed by atoms with Gasteiger partial charge in [0.15, 0.2) is 0 Å². The molecular weight excluding hydrogens is 166 g/mol. The predicted molar refractivity (Wildman–Crippen MR) is 50.3 cm³/mol. The molecule has 1 unspecified atom stereocenters. The van der Waals surface area contributed by atoms with Crippen molar-refractivity contribution in [2.75, 3.05) is 13.1 Å². The van der Waals surface area contributed by atoms with Crippen LogP contribution in [0.3, 0.4) is 0 Å². The van der Waals surface area contributed by atoms with Gasteiger partial charge in [-0.1, -0.05) is 0 Å². The van der Waals surface area contributed by atoms with Gasteiger partial charge < -0.3 is 4.90 Å². The molecule has 0 saturated heterocycles. The van der Waals surface area contributed by atoms with E-state index in [1.54, 1.807) is 0 Å². The number of amides is 1. The van der Waals surface area contributed by atoms with E-state index in [4.69, 9.17) is 0 Å². The molecule has 1 fully saturated rings. The van der Waals surface area contributed by atoms with Crippen molar-refractivity contribution in [1.29, 1.82) is 0 Å². The minimum absolute atomic E-state index is 0.0209. The molecule has 74 valence electrons. The number of carbonyl (C=O) groups is 2. The van der Waals surface area contributed by atoms with E-state index in [2.05, 4.69) is 0 Å². The average Bonchev–Trinajstić information content (AvgIpc) is 2.54. The molecule has 0 aromatic heterocycles. The summed E-state index contributed by atoms with van der Waals surface area (Å²) in [4.78, 5) is 24.5. The Balaban J connectivity index is 2.51. The first-order valence-electron chi connectivity index (χ1n) is 4.99. The van der Waals surface area contributed by atoms with Crippen LogP contribution in [0.1, 0.15) is 33.1 Å². The standard InChI is InChI=1S/C10H17NO2/c1-3-11(4-2)10(13)8-5-6-9(12)7-8/h8H,3-7H2,1-2H3. The molecular formula is C10H17NO2. The SMILES string of the molecule is CCN(CC)C(=O)C1CCC(=O)C1. The van der Waals surface area contributed by atoms with E-state index in [0.717, 1.165) is 19.5 Å². The number of hydrogen-bond acceptors (Lipinski definition) is 2. The van der Waals surface area contributed by atoms with Crippen LogP contribution in [0.2, 0.25) is 0 Å². The van der Waals surface area contributed by atoms with Crippen molar-refractivity contribution in [3.8, 4) is 0 Å². The third kappa shape index (κ3) is 2.29. The number of ketones is 1. The van der Waals surface area contributed by atoms with E-state index in [0.29, 0.717) is 12.8 Å². The van der Waals surface area contributed by atoms with E-state index in [-0.39, 0.29) is 17.6 Å². The molecule has 1 aliphatic rings. The molecule has 1 amide bonds. The number of Topliss-reactive ketones (excluding diaryl/α,β-unsaturated/α-hetero) is 1. The van der Waals surface area contributed by atoms with Gasteiger partial charge in [0.05, 0.1) is 0 Å². The first kappa shape index (κ1) is 10.2. The number of nitrogens with zero attached hydrogens (tertiary/aromatic N) is 1. The highest BCUT2D eigenvalue weighted by Gasteiger charge is 2.30. The van der Waals surface area contributed by atoms with Gasteiger partial charge in [-0.3, -0.25) is 9.59 Å². The molecule has 1 aliphatic carbocycles. The van der Waals surface area contributed by atoms with Crippen molar-refractivity contribution in [3.05, 3.63) is 0 Å². The summed E-state index contributed by atoms with van der Waals surface area (Å²) < 4.78 is 0. The Morgan fingerprint density at radius 2 is 2.08 bits per heavy atom. The lowest BCUT2D eigenvalue weighted by atomic mass is 10.1. The largest absolute Gasteiger partial charge is 0.343 e. The molecule has 0 heterocycles. The highest BCUT2D eigenvalue weighted by Crippen LogP contribution is 2.23. The summed E-state index contributed by atoms with van der Waals surface area (Å²) in [6.07, 6.45) is 1.82. The molecule has 0 N–H and O–H groups in total. The Morgan fingerprint density at radius 1 is 1.46 bits per heavy atom. The highest BCUT2D eigenvalue weighted by atomic mass is 16.2. The first-order chi connectivity index (χ1) is 6.19. The van der Waals surface area contributed by atoms with Crippen LogP contribution in [0.4, 0.5) is 0 Å². The molecule has 3 heteroatoms. The van der Waals surface area contributed by atoms with Crippen molar-refractivity contribution >= 4 is 11.7 Å². The second-order valence-corrected chi connectivity index (χ2v) is 3.49. The lowest BCUT2D eigenvalue weighted by Crippen LogP contribution is -2.35. The third-order valence-corrected chi connectivity index (χ3v) is 2.67. The number of carbonyl (C=O) groups excluding carboxylic acids is 2. The summed E-state index contributed by atoms with van der Waals surface area (Å²) in [6, 6.07) is 0. The van der Waals surface area contributed by atoms with E-state index >= 15 is 0 Å². The fraction of sp³-hybridized carbons (Fsp3) is 0.800. The van der Waals surface area contributed by atoms with Crippen molar-refractivity contribution in [3.63, 3.8) is 0 Å². The summed E-state index contributed by atoms with van der Waals surface area (Å²) >= 11 is 0. The Bertz CT molecular complexity index is 209. The molecule has 0 spiro atoms. The fourth-order valence-electron chi connectivity index (χ4n) is 1.82. The Labute approximate surface area is 79.1 Å². The van der Waals surface area contributed by atoms with E-state index in [1.807, 2.05) is 18.7 Å². The van der Waals surface area contributed by atoms with Gasteiger partial charge in [-0.05, 0) is 20.3 Å². The van der Waals surface area contributed by atoms with Gasteiger partial charge in [-0.15, -0.1) is 0 Å². The molecule has 0 bridgehead atoms. The van der Waals surface area contributed by atoms with Crippen LogP contribution < -0.4 is 0 Å². The van der Waals surface area contributed by atoms with Crippen molar-refractivity contribution < 1.29 is 9.59 Å². The Kier molecular flexibility index (Phi) is 3.46. The van der Waals surface area contributed by atoms with Crippen LogP contribution in [0, 0.1) is 5.92 Å². The Morgan fingerprint density at radius 3 is 2.46 bits per heavy atom. The van der Waals surface area contributed by atoms with Crippen LogP contribution in [0.15, 0.2) is 0 Å². The van der Waals surface area contributed by atoms with Gasteiger partial charge in [-0.25, -0.2) is 0 Å². The highest BCUT2D eigenvalue weighted by molar-refractivity contribution is 5.90. The third-order valence-electron chi connectivity index (χ3n) is 2.67. The van der Waals surface area contributed by atoms with Gasteiger partial charge in [0, 0.05) is 31.8 Å². The van der Waals surface area contributed by atoms with Crippen LogP contribution >= 0.6 is 0 Å². The molecule has 1 atom stereocenters. The van der Waals surface area contributed by atoms with Crippen molar-refractivity contribution in [2.45, 2.75) is 33.1 Å². The maximum Gasteiger partial charge on any atom is 0.226 e. The second kappa shape index (κ2) is 4.40. The van der Waals surface area contributed by atoms with Crippen LogP contribution in [-0.4, -0.2) is 29.7 Å². The summed E-state index contributed by atoms with van der Waals surface area (Å²) in [5.74, 6) is 0.383. The lowest BCUT2D eigenvalue weighted by Gasteiger charge is -2.21. The van der Waals surface area contributed by atoms with Gasteiger partial charge in [0.1, 0.15) is 5.78 Å². The normalized spacial score (nSPS) is 22.0. The molecule has 0 aliphatic heterocycles. The zero-order valence-corrected chi connectivity index (χ0v) is 8.38.